The second-order valence-electron chi connectivity index (χ2n) is 6.93. The minimum Gasteiger partial charge on any atom is -0.266 e. The van der Waals surface area contributed by atoms with E-state index in [1.807, 2.05) is 36.4 Å². The summed E-state index contributed by atoms with van der Waals surface area (Å²) in [5.41, 5.74) is 2.06. The molecule has 1 aliphatic rings. The van der Waals surface area contributed by atoms with Gasteiger partial charge in [0.2, 0.25) is 0 Å². The molecular weight excluding hydrogens is 448 g/mol. The van der Waals surface area contributed by atoms with Crippen LogP contribution in [0.4, 0.5) is 10.8 Å². The molecular formula is C23H13ClN4O3S. The predicted molar refractivity (Wildman–Crippen MR) is 126 cm³/mol. The quantitative estimate of drug-likeness (QED) is 0.222. The van der Waals surface area contributed by atoms with E-state index in [2.05, 4.69) is 9.98 Å². The number of amidine groups is 1. The van der Waals surface area contributed by atoms with Crippen molar-refractivity contribution >= 4 is 61.8 Å². The zero-order valence-electron chi connectivity index (χ0n) is 16.3. The molecule has 4 aromatic rings. The number of benzene rings is 3. The summed E-state index contributed by atoms with van der Waals surface area (Å²) in [6.07, 6.45) is 1.54. The van der Waals surface area contributed by atoms with Crippen LogP contribution in [-0.2, 0) is 4.79 Å². The fourth-order valence-electron chi connectivity index (χ4n) is 3.35. The third-order valence-electron chi connectivity index (χ3n) is 4.81. The molecule has 0 fully saturated rings. The molecule has 5 rings (SSSR count). The van der Waals surface area contributed by atoms with Crippen molar-refractivity contribution < 1.29 is 9.72 Å². The zero-order chi connectivity index (χ0) is 22.2. The van der Waals surface area contributed by atoms with E-state index in [1.54, 1.807) is 30.3 Å². The number of fused-ring (bicyclic) bond motifs is 1. The highest BCUT2D eigenvalue weighted by atomic mass is 35.5. The van der Waals surface area contributed by atoms with Crippen molar-refractivity contribution in [2.75, 3.05) is 4.90 Å². The molecule has 0 unspecified atom stereocenters. The van der Waals surface area contributed by atoms with Crippen molar-refractivity contribution in [2.45, 2.75) is 0 Å². The molecule has 0 saturated heterocycles. The van der Waals surface area contributed by atoms with Gasteiger partial charge in [-0.05, 0) is 29.8 Å². The standard InChI is InChI=1S/C23H13ClN4O3S/c24-16-9-10-20-18(13-16)26-23(32-20)27-21(15-6-2-1-3-7-15)25-19(22(27)29)12-14-5-4-8-17(11-14)28(30)31/h1-13H/b19-12-. The van der Waals surface area contributed by atoms with Crippen molar-refractivity contribution in [1.29, 1.82) is 0 Å². The molecule has 156 valence electrons. The second kappa shape index (κ2) is 7.99. The highest BCUT2D eigenvalue weighted by Crippen LogP contribution is 2.35. The maximum atomic E-state index is 13.4. The van der Waals surface area contributed by atoms with Crippen molar-refractivity contribution in [3.63, 3.8) is 0 Å². The maximum Gasteiger partial charge on any atom is 0.284 e. The Bertz CT molecular complexity index is 1450. The summed E-state index contributed by atoms with van der Waals surface area (Å²) < 4.78 is 0.890. The lowest BCUT2D eigenvalue weighted by atomic mass is 10.1. The Morgan fingerprint density at radius 3 is 2.62 bits per heavy atom. The highest BCUT2D eigenvalue weighted by Gasteiger charge is 2.34. The monoisotopic (exact) mass is 460 g/mol. The molecule has 3 aromatic carbocycles. The molecule has 0 aliphatic carbocycles. The lowest BCUT2D eigenvalue weighted by Gasteiger charge is -2.14. The van der Waals surface area contributed by atoms with Crippen LogP contribution in [0.1, 0.15) is 11.1 Å². The van der Waals surface area contributed by atoms with E-state index < -0.39 is 4.92 Å². The Labute approximate surface area is 191 Å². The zero-order valence-corrected chi connectivity index (χ0v) is 17.9. The Morgan fingerprint density at radius 2 is 1.84 bits per heavy atom. The van der Waals surface area contributed by atoms with Gasteiger partial charge in [0.25, 0.3) is 11.6 Å². The van der Waals surface area contributed by atoms with Gasteiger partial charge in [-0.25, -0.2) is 14.9 Å². The summed E-state index contributed by atoms with van der Waals surface area (Å²) in [6, 6.07) is 20.8. The van der Waals surface area contributed by atoms with Crippen LogP contribution in [0.25, 0.3) is 16.3 Å². The minimum absolute atomic E-state index is 0.0584. The minimum atomic E-state index is -0.476. The average molecular weight is 461 g/mol. The topological polar surface area (TPSA) is 88.7 Å². The van der Waals surface area contributed by atoms with Gasteiger partial charge < -0.3 is 0 Å². The smallest absolute Gasteiger partial charge is 0.266 e. The van der Waals surface area contributed by atoms with Crippen LogP contribution in [-0.4, -0.2) is 21.7 Å². The third kappa shape index (κ3) is 3.66. The first-order valence-electron chi connectivity index (χ1n) is 9.50. The number of halogens is 1. The molecule has 0 saturated carbocycles. The second-order valence-corrected chi connectivity index (χ2v) is 8.38. The molecule has 7 nitrogen and oxygen atoms in total. The first kappa shape index (κ1) is 20.0. The number of aliphatic imine (C=N–C) groups is 1. The van der Waals surface area contributed by atoms with Gasteiger partial charge in [-0.2, -0.15) is 0 Å². The summed E-state index contributed by atoms with van der Waals surface area (Å²) in [6.45, 7) is 0. The number of amides is 1. The SMILES string of the molecule is O=C1/C(=C/c2cccc([N+](=O)[O-])c2)N=C(c2ccccc2)N1c1nc2cc(Cl)ccc2s1. The van der Waals surface area contributed by atoms with Gasteiger partial charge in [0, 0.05) is 22.7 Å². The summed E-state index contributed by atoms with van der Waals surface area (Å²) in [5.74, 6) is 0.0814. The number of anilines is 1. The normalized spacial score (nSPS) is 14.9. The first-order valence-corrected chi connectivity index (χ1v) is 10.7. The van der Waals surface area contributed by atoms with Gasteiger partial charge in [0.15, 0.2) is 5.13 Å². The fourth-order valence-corrected chi connectivity index (χ4v) is 4.46. The van der Waals surface area contributed by atoms with Crippen molar-refractivity contribution in [3.05, 3.63) is 105 Å². The molecule has 1 aromatic heterocycles. The molecule has 0 spiro atoms. The van der Waals surface area contributed by atoms with Crippen molar-refractivity contribution in [3.8, 4) is 0 Å². The number of thiazole rings is 1. The number of non-ortho nitro benzene ring substituents is 1. The fraction of sp³-hybridized carbons (Fsp3) is 0. The molecule has 0 N–H and O–H groups in total. The number of carbonyl (C=O) groups excluding carboxylic acids is 1. The van der Waals surface area contributed by atoms with Gasteiger partial charge in [0.05, 0.1) is 15.1 Å². The number of nitro groups is 1. The molecule has 0 radical (unpaired) electrons. The van der Waals surface area contributed by atoms with Crippen LogP contribution in [0.5, 0.6) is 0 Å². The Kier molecular flexibility index (Phi) is 5.01. The molecule has 1 aliphatic heterocycles. The number of rotatable bonds is 4. The summed E-state index contributed by atoms with van der Waals surface area (Å²) in [5, 5.41) is 12.1. The Morgan fingerprint density at radius 1 is 1.03 bits per heavy atom. The molecule has 32 heavy (non-hydrogen) atoms. The van der Waals surface area contributed by atoms with E-state index in [0.717, 1.165) is 10.3 Å². The number of hydrogen-bond donors (Lipinski definition) is 0. The van der Waals surface area contributed by atoms with Crippen molar-refractivity contribution in [1.82, 2.24) is 4.98 Å². The van der Waals surface area contributed by atoms with E-state index in [4.69, 9.17) is 11.6 Å². The highest BCUT2D eigenvalue weighted by molar-refractivity contribution is 7.22. The summed E-state index contributed by atoms with van der Waals surface area (Å²) in [4.78, 5) is 34.7. The maximum absolute atomic E-state index is 13.4. The molecule has 0 bridgehead atoms. The van der Waals surface area contributed by atoms with E-state index in [0.29, 0.717) is 27.1 Å². The van der Waals surface area contributed by atoms with Gasteiger partial charge in [-0.1, -0.05) is 65.4 Å². The van der Waals surface area contributed by atoms with Crippen LogP contribution >= 0.6 is 22.9 Å². The number of nitro benzene ring substituents is 1. The summed E-state index contributed by atoms with van der Waals surface area (Å²) in [7, 11) is 0. The average Bonchev–Trinajstić information content (AvgIpc) is 3.35. The van der Waals surface area contributed by atoms with E-state index >= 15 is 0 Å². The molecule has 1 amide bonds. The first-order chi connectivity index (χ1) is 15.5. The number of hydrogen-bond acceptors (Lipinski definition) is 6. The lowest BCUT2D eigenvalue weighted by Crippen LogP contribution is -2.32. The van der Waals surface area contributed by atoms with Crippen molar-refractivity contribution in [2.24, 2.45) is 4.99 Å². The predicted octanol–water partition coefficient (Wildman–Crippen LogP) is 5.69. The van der Waals surface area contributed by atoms with Gasteiger partial charge in [0.1, 0.15) is 11.5 Å². The molecule has 2 heterocycles. The largest absolute Gasteiger partial charge is 0.284 e. The number of aromatic nitrogens is 1. The molecule has 9 heteroatoms. The Hall–Kier alpha value is -3.88. The van der Waals surface area contributed by atoms with Gasteiger partial charge in [-0.15, -0.1) is 0 Å². The Balaban J connectivity index is 1.63. The molecule has 0 atom stereocenters. The number of carbonyl (C=O) groups is 1. The van der Waals surface area contributed by atoms with Crippen LogP contribution in [0.15, 0.2) is 83.5 Å². The lowest BCUT2D eigenvalue weighted by molar-refractivity contribution is -0.384. The van der Waals surface area contributed by atoms with E-state index in [9.17, 15) is 14.9 Å². The summed E-state index contributed by atoms with van der Waals surface area (Å²) >= 11 is 7.45. The van der Waals surface area contributed by atoms with Gasteiger partial charge in [-0.3, -0.25) is 14.9 Å². The third-order valence-corrected chi connectivity index (χ3v) is 6.06. The van der Waals surface area contributed by atoms with E-state index in [-0.39, 0.29) is 17.3 Å². The number of nitrogens with zero attached hydrogens (tertiary/aromatic N) is 4. The van der Waals surface area contributed by atoms with Crippen LogP contribution < -0.4 is 4.90 Å². The van der Waals surface area contributed by atoms with Crippen LogP contribution in [0.2, 0.25) is 5.02 Å². The van der Waals surface area contributed by atoms with Crippen LogP contribution in [0, 0.1) is 10.1 Å². The van der Waals surface area contributed by atoms with Crippen LogP contribution in [0.3, 0.4) is 0 Å². The van der Waals surface area contributed by atoms with Gasteiger partial charge >= 0.3 is 0 Å². The van der Waals surface area contributed by atoms with E-state index in [1.165, 1.54) is 28.4 Å².